The minimum atomic E-state index is -4.37. The van der Waals surface area contributed by atoms with Gasteiger partial charge in [-0.1, -0.05) is 29.8 Å². The molecule has 0 amide bonds. The Hall–Kier alpha value is -2.76. The maximum atomic E-state index is 12.3. The Kier molecular flexibility index (Phi) is 9.36. The summed E-state index contributed by atoms with van der Waals surface area (Å²) in [6, 6.07) is 14.3. The van der Waals surface area contributed by atoms with Crippen molar-refractivity contribution in [2.24, 2.45) is 4.99 Å². The Morgan fingerprint density at radius 2 is 1.81 bits per heavy atom. The fourth-order valence-electron chi connectivity index (χ4n) is 2.71. The number of benzene rings is 2. The molecule has 2 aromatic carbocycles. The van der Waals surface area contributed by atoms with Crippen molar-refractivity contribution in [3.8, 4) is 17.2 Å². The molecule has 0 bridgehead atoms. The first-order chi connectivity index (χ1) is 14.8. The summed E-state index contributed by atoms with van der Waals surface area (Å²) in [4.78, 5) is 8.61. The van der Waals surface area contributed by atoms with Crippen LogP contribution in [0.3, 0.4) is 0 Å². The van der Waals surface area contributed by atoms with Gasteiger partial charge in [-0.3, -0.25) is 4.99 Å². The van der Waals surface area contributed by atoms with E-state index in [1.54, 1.807) is 31.5 Å². The van der Waals surface area contributed by atoms with Crippen LogP contribution in [0.4, 0.5) is 13.2 Å². The highest BCUT2D eigenvalue weighted by atomic mass is 127. The van der Waals surface area contributed by atoms with Crippen LogP contribution in [0, 0.1) is 6.92 Å². The van der Waals surface area contributed by atoms with Crippen LogP contribution in [0.1, 0.15) is 16.8 Å². The molecule has 6 nitrogen and oxygen atoms in total. The molecular formula is C22H24F3IN4O2. The third-order valence-electron chi connectivity index (χ3n) is 4.27. The van der Waals surface area contributed by atoms with Gasteiger partial charge < -0.3 is 19.8 Å². The van der Waals surface area contributed by atoms with Crippen LogP contribution in [0.2, 0.25) is 0 Å². The molecule has 0 fully saturated rings. The molecule has 0 aliphatic heterocycles. The number of alkyl halides is 3. The number of nitrogens with zero attached hydrogens (tertiary/aromatic N) is 2. The average molecular weight is 560 g/mol. The Labute approximate surface area is 201 Å². The molecule has 3 rings (SSSR count). The summed E-state index contributed by atoms with van der Waals surface area (Å²) in [5.74, 6) is 1.21. The van der Waals surface area contributed by atoms with Gasteiger partial charge in [-0.2, -0.15) is 13.2 Å². The van der Waals surface area contributed by atoms with Crippen LogP contribution < -0.4 is 15.4 Å². The van der Waals surface area contributed by atoms with Crippen LogP contribution in [-0.2, 0) is 13.1 Å². The summed E-state index contributed by atoms with van der Waals surface area (Å²) < 4.78 is 47.2. The summed E-state index contributed by atoms with van der Waals surface area (Å²) >= 11 is 0. The lowest BCUT2D eigenvalue weighted by molar-refractivity contribution is -0.153. The van der Waals surface area contributed by atoms with Crippen LogP contribution in [0.15, 0.2) is 64.2 Å². The maximum Gasteiger partial charge on any atom is 0.422 e. The van der Waals surface area contributed by atoms with Gasteiger partial charge in [0.2, 0.25) is 5.89 Å². The van der Waals surface area contributed by atoms with Crippen LogP contribution in [-0.4, -0.2) is 30.8 Å². The lowest BCUT2D eigenvalue weighted by atomic mass is 10.1. The number of hydrogen-bond donors (Lipinski definition) is 2. The lowest BCUT2D eigenvalue weighted by Crippen LogP contribution is -2.36. The van der Waals surface area contributed by atoms with Crippen LogP contribution in [0.5, 0.6) is 5.75 Å². The Bertz CT molecular complexity index is 1020. The maximum absolute atomic E-state index is 12.3. The van der Waals surface area contributed by atoms with Crippen molar-refractivity contribution < 1.29 is 22.3 Å². The van der Waals surface area contributed by atoms with E-state index in [1.165, 1.54) is 6.07 Å². The predicted molar refractivity (Wildman–Crippen MR) is 127 cm³/mol. The van der Waals surface area contributed by atoms with E-state index in [9.17, 15) is 13.2 Å². The Morgan fingerprint density at radius 1 is 1.09 bits per heavy atom. The van der Waals surface area contributed by atoms with Crippen molar-refractivity contribution in [3.63, 3.8) is 0 Å². The second-order valence-corrected chi connectivity index (χ2v) is 6.84. The minimum absolute atomic E-state index is 0. The highest BCUT2D eigenvalue weighted by Gasteiger charge is 2.28. The Morgan fingerprint density at radius 3 is 2.50 bits per heavy atom. The van der Waals surface area contributed by atoms with Gasteiger partial charge in [0, 0.05) is 19.2 Å². The van der Waals surface area contributed by atoms with Crippen LogP contribution >= 0.6 is 24.0 Å². The summed E-state index contributed by atoms with van der Waals surface area (Å²) in [5, 5.41) is 6.23. The highest BCUT2D eigenvalue weighted by molar-refractivity contribution is 14.0. The number of aliphatic imine (C=N–C) groups is 1. The first-order valence-electron chi connectivity index (χ1n) is 9.57. The number of aromatic nitrogens is 1. The topological polar surface area (TPSA) is 71.7 Å². The van der Waals surface area contributed by atoms with E-state index in [0.717, 1.165) is 16.7 Å². The van der Waals surface area contributed by atoms with Crippen molar-refractivity contribution in [1.29, 1.82) is 0 Å². The molecule has 1 heterocycles. The van der Waals surface area contributed by atoms with Crippen molar-refractivity contribution in [2.45, 2.75) is 26.2 Å². The molecular weight excluding hydrogens is 536 g/mol. The number of oxazole rings is 1. The largest absolute Gasteiger partial charge is 0.484 e. The van der Waals surface area contributed by atoms with Gasteiger partial charge in [0.1, 0.15) is 12.0 Å². The van der Waals surface area contributed by atoms with E-state index in [1.807, 2.05) is 31.2 Å². The van der Waals surface area contributed by atoms with E-state index >= 15 is 0 Å². The third kappa shape index (κ3) is 8.06. The first-order valence-corrected chi connectivity index (χ1v) is 9.57. The number of ether oxygens (including phenoxy) is 1. The second-order valence-electron chi connectivity index (χ2n) is 6.84. The summed E-state index contributed by atoms with van der Waals surface area (Å²) in [6.07, 6.45) is -2.79. The molecule has 2 N–H and O–H groups in total. The number of hydrogen-bond acceptors (Lipinski definition) is 4. The molecule has 0 aliphatic rings. The van der Waals surface area contributed by atoms with E-state index in [-0.39, 0.29) is 29.7 Å². The number of aryl methyl sites for hydroxylation is 1. The van der Waals surface area contributed by atoms with Crippen LogP contribution in [0.25, 0.3) is 11.5 Å². The zero-order valence-electron chi connectivity index (χ0n) is 17.6. The molecule has 3 aromatic rings. The SMILES string of the molecule is CN=C(NCc1cccc(OCC(F)(F)F)c1)NCc1coc(-c2ccc(C)cc2)n1.I. The van der Waals surface area contributed by atoms with Gasteiger partial charge in [-0.15, -0.1) is 24.0 Å². The van der Waals surface area contributed by atoms with Gasteiger partial charge in [0.25, 0.3) is 0 Å². The van der Waals surface area contributed by atoms with Gasteiger partial charge in [-0.05, 0) is 36.8 Å². The van der Waals surface area contributed by atoms with E-state index < -0.39 is 12.8 Å². The van der Waals surface area contributed by atoms with Crippen molar-refractivity contribution >= 4 is 29.9 Å². The molecule has 0 spiro atoms. The van der Waals surface area contributed by atoms with Crippen molar-refractivity contribution in [3.05, 3.63) is 71.6 Å². The monoisotopic (exact) mass is 560 g/mol. The fourth-order valence-corrected chi connectivity index (χ4v) is 2.71. The molecule has 0 radical (unpaired) electrons. The fraction of sp³-hybridized carbons (Fsp3) is 0.273. The summed E-state index contributed by atoms with van der Waals surface area (Å²) in [7, 11) is 1.62. The molecule has 1 aromatic heterocycles. The normalized spacial score (nSPS) is 11.6. The van der Waals surface area contributed by atoms with E-state index in [0.29, 0.717) is 30.6 Å². The Balaban J connectivity index is 0.00000363. The quantitative estimate of drug-likeness (QED) is 0.240. The van der Waals surface area contributed by atoms with E-state index in [4.69, 9.17) is 9.15 Å². The molecule has 10 heteroatoms. The average Bonchev–Trinajstić information content (AvgIpc) is 3.22. The lowest BCUT2D eigenvalue weighted by Gasteiger charge is -2.12. The smallest absolute Gasteiger partial charge is 0.422 e. The predicted octanol–water partition coefficient (Wildman–Crippen LogP) is 5.07. The standard InChI is InChI=1S/C22H23F3N4O2.HI/c1-15-6-8-17(9-7-15)20-29-18(13-30-20)12-28-21(26-2)27-11-16-4-3-5-19(10-16)31-14-22(23,24)25;/h3-10,13H,11-12,14H2,1-2H3,(H2,26,27,28);1H. The second kappa shape index (κ2) is 11.7. The number of guanidine groups is 1. The van der Waals surface area contributed by atoms with Crippen molar-refractivity contribution in [2.75, 3.05) is 13.7 Å². The molecule has 0 unspecified atom stereocenters. The molecule has 0 atom stereocenters. The molecule has 0 saturated heterocycles. The van der Waals surface area contributed by atoms with Gasteiger partial charge in [0.15, 0.2) is 12.6 Å². The van der Waals surface area contributed by atoms with Crippen molar-refractivity contribution in [1.82, 2.24) is 15.6 Å². The number of rotatable bonds is 7. The number of nitrogens with one attached hydrogen (secondary N) is 2. The highest BCUT2D eigenvalue weighted by Crippen LogP contribution is 2.20. The minimum Gasteiger partial charge on any atom is -0.484 e. The molecule has 0 aliphatic carbocycles. The first kappa shape index (κ1) is 25.5. The van der Waals surface area contributed by atoms with Gasteiger partial charge >= 0.3 is 6.18 Å². The van der Waals surface area contributed by atoms with E-state index in [2.05, 4.69) is 20.6 Å². The molecule has 32 heavy (non-hydrogen) atoms. The molecule has 172 valence electrons. The summed E-state index contributed by atoms with van der Waals surface area (Å²) in [6.45, 7) is 1.44. The zero-order chi connectivity index (χ0) is 22.3. The number of halogens is 4. The van der Waals surface area contributed by atoms with Gasteiger partial charge in [0.05, 0.1) is 12.2 Å². The van der Waals surface area contributed by atoms with Gasteiger partial charge in [-0.25, -0.2) is 4.98 Å². The summed E-state index contributed by atoms with van der Waals surface area (Å²) in [5.41, 5.74) is 3.52. The third-order valence-corrected chi connectivity index (χ3v) is 4.27. The molecule has 0 saturated carbocycles. The zero-order valence-corrected chi connectivity index (χ0v) is 19.9.